The third kappa shape index (κ3) is 5.46. The first kappa shape index (κ1) is 13.4. The van der Waals surface area contributed by atoms with Gasteiger partial charge in [-0.2, -0.15) is 0 Å². The Hall–Kier alpha value is -0.620. The van der Waals surface area contributed by atoms with Gasteiger partial charge in [0.1, 0.15) is 5.01 Å². The van der Waals surface area contributed by atoms with Gasteiger partial charge in [-0.15, -0.1) is 10.2 Å². The third-order valence-corrected chi connectivity index (χ3v) is 3.55. The second-order valence-electron chi connectivity index (χ2n) is 4.48. The van der Waals surface area contributed by atoms with E-state index in [1.54, 1.807) is 23.1 Å². The van der Waals surface area contributed by atoms with Gasteiger partial charge in [-0.25, -0.2) is 0 Å². The lowest BCUT2D eigenvalue weighted by molar-refractivity contribution is -0.122. The molecule has 0 aliphatic heterocycles. The van der Waals surface area contributed by atoms with Crippen molar-refractivity contribution in [3.05, 3.63) is 5.01 Å². The molecule has 6 heteroatoms. The number of amides is 1. The lowest BCUT2D eigenvalue weighted by Crippen LogP contribution is -2.40. The Morgan fingerprint density at radius 1 is 1.44 bits per heavy atom. The second kappa shape index (κ2) is 5.63. The van der Waals surface area contributed by atoms with Crippen LogP contribution in [0.25, 0.3) is 0 Å². The van der Waals surface area contributed by atoms with E-state index in [9.17, 15) is 4.79 Å². The van der Waals surface area contributed by atoms with Crippen LogP contribution in [0.15, 0.2) is 4.34 Å². The topological polar surface area (TPSA) is 54.9 Å². The number of carbonyl (C=O) groups is 1. The van der Waals surface area contributed by atoms with Crippen molar-refractivity contribution in [1.29, 1.82) is 0 Å². The lowest BCUT2D eigenvalue weighted by Gasteiger charge is -2.20. The highest BCUT2D eigenvalue weighted by atomic mass is 32.2. The minimum Gasteiger partial charge on any atom is -0.351 e. The normalized spacial score (nSPS) is 11.5. The van der Waals surface area contributed by atoms with E-state index in [1.165, 1.54) is 0 Å². The van der Waals surface area contributed by atoms with Gasteiger partial charge in [-0.05, 0) is 27.7 Å². The molecule has 0 fully saturated rings. The van der Waals surface area contributed by atoms with Crippen LogP contribution >= 0.6 is 23.1 Å². The first-order valence-electron chi connectivity index (χ1n) is 5.11. The molecule has 1 amide bonds. The summed E-state index contributed by atoms with van der Waals surface area (Å²) in [7, 11) is 0. The van der Waals surface area contributed by atoms with E-state index in [0.717, 1.165) is 15.1 Å². The third-order valence-electron chi connectivity index (χ3n) is 1.58. The Morgan fingerprint density at radius 2 is 2.12 bits per heavy atom. The fourth-order valence-corrected chi connectivity index (χ4v) is 2.87. The van der Waals surface area contributed by atoms with Crippen LogP contribution in [0, 0.1) is 6.92 Å². The Balaban J connectivity index is 2.23. The molecule has 0 aliphatic carbocycles. The molecule has 1 N–H and O–H groups in total. The molecule has 1 aromatic heterocycles. The van der Waals surface area contributed by atoms with E-state index in [2.05, 4.69) is 15.5 Å². The predicted molar refractivity (Wildman–Crippen MR) is 67.9 cm³/mol. The maximum absolute atomic E-state index is 11.5. The van der Waals surface area contributed by atoms with Crippen LogP contribution in [0.1, 0.15) is 32.2 Å². The summed E-state index contributed by atoms with van der Waals surface area (Å²) in [5.74, 6) is 0.831. The van der Waals surface area contributed by atoms with Gasteiger partial charge < -0.3 is 5.32 Å². The zero-order valence-electron chi connectivity index (χ0n) is 10.0. The maximum Gasteiger partial charge on any atom is 0.221 e. The molecule has 0 atom stereocenters. The van der Waals surface area contributed by atoms with Gasteiger partial charge in [0.15, 0.2) is 4.34 Å². The molecule has 90 valence electrons. The van der Waals surface area contributed by atoms with Crippen LogP contribution in [-0.2, 0) is 4.79 Å². The maximum atomic E-state index is 11.5. The second-order valence-corrected chi connectivity index (χ2v) is 7.01. The molecule has 16 heavy (non-hydrogen) atoms. The Labute approximate surface area is 104 Å². The summed E-state index contributed by atoms with van der Waals surface area (Å²) in [6, 6.07) is 0. The highest BCUT2D eigenvalue weighted by Gasteiger charge is 2.13. The summed E-state index contributed by atoms with van der Waals surface area (Å²) in [5, 5.41) is 11.8. The molecule has 0 bridgehead atoms. The summed E-state index contributed by atoms with van der Waals surface area (Å²) in [6.07, 6.45) is 0.514. The van der Waals surface area contributed by atoms with Crippen LogP contribution in [0.4, 0.5) is 0 Å². The van der Waals surface area contributed by atoms with Crippen LogP contribution in [0.3, 0.4) is 0 Å². The molecular formula is C10H17N3OS2. The highest BCUT2D eigenvalue weighted by Crippen LogP contribution is 2.22. The average molecular weight is 259 g/mol. The molecular weight excluding hydrogens is 242 g/mol. The quantitative estimate of drug-likeness (QED) is 0.843. The number of hydrogen-bond donors (Lipinski definition) is 1. The summed E-state index contributed by atoms with van der Waals surface area (Å²) in [6.45, 7) is 7.86. The van der Waals surface area contributed by atoms with Gasteiger partial charge in [0.25, 0.3) is 0 Å². The number of aromatic nitrogens is 2. The Bertz CT molecular complexity index is 357. The molecule has 0 aliphatic rings. The molecule has 0 aromatic carbocycles. The van der Waals surface area contributed by atoms with Gasteiger partial charge in [0.05, 0.1) is 0 Å². The highest BCUT2D eigenvalue weighted by molar-refractivity contribution is 8.01. The number of nitrogens with one attached hydrogen (secondary N) is 1. The van der Waals surface area contributed by atoms with Crippen molar-refractivity contribution in [3.8, 4) is 0 Å². The van der Waals surface area contributed by atoms with Crippen molar-refractivity contribution in [1.82, 2.24) is 15.5 Å². The number of rotatable bonds is 4. The van der Waals surface area contributed by atoms with Gasteiger partial charge in [0, 0.05) is 17.7 Å². The molecule has 0 saturated carbocycles. The van der Waals surface area contributed by atoms with E-state index in [4.69, 9.17) is 0 Å². The van der Waals surface area contributed by atoms with Crippen molar-refractivity contribution < 1.29 is 4.79 Å². The first-order chi connectivity index (χ1) is 7.37. The van der Waals surface area contributed by atoms with Crippen LogP contribution in [-0.4, -0.2) is 27.4 Å². The molecule has 0 spiro atoms. The zero-order valence-corrected chi connectivity index (χ0v) is 11.7. The van der Waals surface area contributed by atoms with E-state index in [0.29, 0.717) is 6.42 Å². The van der Waals surface area contributed by atoms with Crippen LogP contribution < -0.4 is 5.32 Å². The fourth-order valence-electron chi connectivity index (χ4n) is 1.05. The van der Waals surface area contributed by atoms with Gasteiger partial charge in [0.2, 0.25) is 5.91 Å². The van der Waals surface area contributed by atoms with Gasteiger partial charge >= 0.3 is 0 Å². The fraction of sp³-hybridized carbons (Fsp3) is 0.700. The molecule has 0 unspecified atom stereocenters. The first-order valence-corrected chi connectivity index (χ1v) is 6.91. The monoisotopic (exact) mass is 259 g/mol. The van der Waals surface area contributed by atoms with E-state index < -0.39 is 0 Å². The summed E-state index contributed by atoms with van der Waals surface area (Å²) < 4.78 is 0.932. The lowest BCUT2D eigenvalue weighted by atomic mass is 10.1. The number of carbonyl (C=O) groups excluding carboxylic acids is 1. The largest absolute Gasteiger partial charge is 0.351 e. The van der Waals surface area contributed by atoms with E-state index >= 15 is 0 Å². The number of hydrogen-bond acceptors (Lipinski definition) is 5. The van der Waals surface area contributed by atoms with E-state index in [-0.39, 0.29) is 11.4 Å². The standard InChI is InChI=1S/C10H17N3OS2/c1-7-12-13-9(16-7)15-6-5-8(14)11-10(2,3)4/h5-6H2,1-4H3,(H,11,14). The van der Waals surface area contributed by atoms with Crippen molar-refractivity contribution in [2.45, 2.75) is 44.0 Å². The minimum absolute atomic E-state index is 0.0845. The predicted octanol–water partition coefficient (Wildman–Crippen LogP) is 2.24. The van der Waals surface area contributed by atoms with Crippen LogP contribution in [0.5, 0.6) is 0 Å². The SMILES string of the molecule is Cc1nnc(SCCC(=O)NC(C)(C)C)s1. The molecule has 1 rings (SSSR count). The number of aryl methyl sites for hydroxylation is 1. The smallest absolute Gasteiger partial charge is 0.221 e. The number of nitrogens with zero attached hydrogens (tertiary/aromatic N) is 2. The van der Waals surface area contributed by atoms with E-state index in [1.807, 2.05) is 27.7 Å². The average Bonchev–Trinajstić information content (AvgIpc) is 2.48. The molecule has 0 radical (unpaired) electrons. The van der Waals surface area contributed by atoms with Gasteiger partial charge in [-0.1, -0.05) is 23.1 Å². The van der Waals surface area contributed by atoms with Crippen molar-refractivity contribution in [2.24, 2.45) is 0 Å². The zero-order chi connectivity index (χ0) is 12.2. The molecule has 4 nitrogen and oxygen atoms in total. The minimum atomic E-state index is -0.152. The Kier molecular flexibility index (Phi) is 4.73. The summed E-state index contributed by atoms with van der Waals surface area (Å²) in [4.78, 5) is 11.5. The molecule has 1 heterocycles. The van der Waals surface area contributed by atoms with Crippen molar-refractivity contribution >= 4 is 29.0 Å². The van der Waals surface area contributed by atoms with Crippen molar-refractivity contribution in [2.75, 3.05) is 5.75 Å². The molecule has 0 saturated heterocycles. The van der Waals surface area contributed by atoms with Crippen molar-refractivity contribution in [3.63, 3.8) is 0 Å². The molecule has 1 aromatic rings. The summed E-state index contributed by atoms with van der Waals surface area (Å²) >= 11 is 3.14. The summed E-state index contributed by atoms with van der Waals surface area (Å²) in [5.41, 5.74) is -0.152. The van der Waals surface area contributed by atoms with Gasteiger partial charge in [-0.3, -0.25) is 4.79 Å². The Morgan fingerprint density at radius 3 is 2.62 bits per heavy atom. The number of thioether (sulfide) groups is 1. The van der Waals surface area contributed by atoms with Crippen LogP contribution in [0.2, 0.25) is 0 Å².